The number of aliphatic carboxylic acids is 1. The summed E-state index contributed by atoms with van der Waals surface area (Å²) in [7, 11) is 0. The van der Waals surface area contributed by atoms with Crippen molar-refractivity contribution in [3.63, 3.8) is 0 Å². The van der Waals surface area contributed by atoms with Gasteiger partial charge in [-0.25, -0.2) is 4.79 Å². The molecule has 0 aliphatic carbocycles. The van der Waals surface area contributed by atoms with Gasteiger partial charge in [-0.2, -0.15) is 0 Å². The Morgan fingerprint density at radius 2 is 1.80 bits per heavy atom. The van der Waals surface area contributed by atoms with Crippen molar-refractivity contribution >= 4 is 11.7 Å². The zero-order valence-electron chi connectivity index (χ0n) is 9.32. The van der Waals surface area contributed by atoms with Gasteiger partial charge >= 0.3 is 5.97 Å². The summed E-state index contributed by atoms with van der Waals surface area (Å²) >= 11 is 0. The lowest BCUT2D eigenvalue weighted by molar-refractivity contribution is -0.140. The summed E-state index contributed by atoms with van der Waals surface area (Å²) in [6, 6.07) is 8.80. The van der Waals surface area contributed by atoms with E-state index in [-0.39, 0.29) is 5.41 Å². The number of para-hydroxylation sites is 1. The molecule has 1 rings (SSSR count). The number of benzene rings is 1. The third-order valence-corrected chi connectivity index (χ3v) is 2.20. The van der Waals surface area contributed by atoms with Crippen LogP contribution in [0.5, 0.6) is 0 Å². The molecule has 2 N–H and O–H groups in total. The molecule has 3 nitrogen and oxygen atoms in total. The molecule has 0 spiro atoms. The van der Waals surface area contributed by atoms with Gasteiger partial charge in [-0.05, 0) is 17.5 Å². The van der Waals surface area contributed by atoms with Crippen LogP contribution in [0.1, 0.15) is 20.8 Å². The summed E-state index contributed by atoms with van der Waals surface area (Å²) in [5.41, 5.74) is 0.515. The zero-order chi connectivity index (χ0) is 11.5. The van der Waals surface area contributed by atoms with Crippen LogP contribution in [0.4, 0.5) is 5.69 Å². The predicted molar refractivity (Wildman–Crippen MR) is 60.9 cm³/mol. The summed E-state index contributed by atoms with van der Waals surface area (Å²) in [6.07, 6.45) is 0. The molecule has 1 atom stereocenters. The van der Waals surface area contributed by atoms with Crippen LogP contribution in [0.15, 0.2) is 30.3 Å². The van der Waals surface area contributed by atoms with E-state index in [4.69, 9.17) is 5.11 Å². The molecule has 0 saturated carbocycles. The SMILES string of the molecule is CC(C)(C)C(Nc1ccccc1)C(=O)O. The number of anilines is 1. The Kier molecular flexibility index (Phi) is 3.35. The maximum absolute atomic E-state index is 11.1. The first-order chi connectivity index (χ1) is 6.91. The second-order valence-electron chi connectivity index (χ2n) is 4.65. The number of rotatable bonds is 3. The molecule has 0 saturated heterocycles. The molecule has 0 aliphatic rings. The molecule has 0 radical (unpaired) electrons. The molecule has 0 amide bonds. The summed E-state index contributed by atoms with van der Waals surface area (Å²) < 4.78 is 0. The van der Waals surface area contributed by atoms with Crippen molar-refractivity contribution in [2.45, 2.75) is 26.8 Å². The van der Waals surface area contributed by atoms with Gasteiger partial charge in [-0.1, -0.05) is 39.0 Å². The summed E-state index contributed by atoms with van der Waals surface area (Å²) in [4.78, 5) is 11.1. The summed E-state index contributed by atoms with van der Waals surface area (Å²) in [5.74, 6) is -0.827. The fourth-order valence-electron chi connectivity index (χ4n) is 1.35. The molecule has 82 valence electrons. The molecule has 1 unspecified atom stereocenters. The van der Waals surface area contributed by atoms with Gasteiger partial charge in [0.2, 0.25) is 0 Å². The number of carboxylic acids is 1. The smallest absolute Gasteiger partial charge is 0.326 e. The highest BCUT2D eigenvalue weighted by Gasteiger charge is 2.30. The standard InChI is InChI=1S/C12H17NO2/c1-12(2,3)10(11(14)15)13-9-7-5-4-6-8-9/h4-8,10,13H,1-3H3,(H,14,15). The van der Waals surface area contributed by atoms with Gasteiger partial charge in [-0.15, -0.1) is 0 Å². The van der Waals surface area contributed by atoms with E-state index in [1.54, 1.807) is 0 Å². The van der Waals surface area contributed by atoms with Crippen molar-refractivity contribution in [1.29, 1.82) is 0 Å². The van der Waals surface area contributed by atoms with Gasteiger partial charge in [0.15, 0.2) is 0 Å². The van der Waals surface area contributed by atoms with Crippen molar-refractivity contribution in [1.82, 2.24) is 0 Å². The Bertz CT molecular complexity index is 327. The lowest BCUT2D eigenvalue weighted by atomic mass is 9.86. The molecule has 3 heteroatoms. The van der Waals surface area contributed by atoms with Crippen molar-refractivity contribution in [3.05, 3.63) is 30.3 Å². The van der Waals surface area contributed by atoms with E-state index >= 15 is 0 Å². The second-order valence-corrected chi connectivity index (χ2v) is 4.65. The van der Waals surface area contributed by atoms with Crippen molar-refractivity contribution in [2.24, 2.45) is 5.41 Å². The maximum atomic E-state index is 11.1. The largest absolute Gasteiger partial charge is 0.480 e. The average Bonchev–Trinajstić information content (AvgIpc) is 2.13. The van der Waals surface area contributed by atoms with Crippen molar-refractivity contribution in [2.75, 3.05) is 5.32 Å². The molecule has 0 heterocycles. The second kappa shape index (κ2) is 4.34. The highest BCUT2D eigenvalue weighted by atomic mass is 16.4. The molecular formula is C12H17NO2. The first-order valence-electron chi connectivity index (χ1n) is 4.95. The van der Waals surface area contributed by atoms with Gasteiger partial charge in [0.1, 0.15) is 6.04 Å². The lowest BCUT2D eigenvalue weighted by Crippen LogP contribution is -2.41. The van der Waals surface area contributed by atoms with Crippen LogP contribution in [0.2, 0.25) is 0 Å². The van der Waals surface area contributed by atoms with E-state index in [1.165, 1.54) is 0 Å². The van der Waals surface area contributed by atoms with Crippen molar-refractivity contribution in [3.8, 4) is 0 Å². The number of hydrogen-bond donors (Lipinski definition) is 2. The Morgan fingerprint density at radius 3 is 2.20 bits per heavy atom. The normalized spacial score (nSPS) is 13.3. The first-order valence-corrected chi connectivity index (χ1v) is 4.95. The molecule has 0 fully saturated rings. The monoisotopic (exact) mass is 207 g/mol. The van der Waals surface area contributed by atoms with Crippen molar-refractivity contribution < 1.29 is 9.90 Å². The zero-order valence-corrected chi connectivity index (χ0v) is 9.32. The quantitative estimate of drug-likeness (QED) is 0.801. The molecule has 15 heavy (non-hydrogen) atoms. The van der Waals surface area contributed by atoms with E-state index < -0.39 is 12.0 Å². The van der Waals surface area contributed by atoms with Crippen LogP contribution in [-0.4, -0.2) is 17.1 Å². The van der Waals surface area contributed by atoms with E-state index in [2.05, 4.69) is 5.32 Å². The summed E-state index contributed by atoms with van der Waals surface area (Å²) in [5, 5.41) is 12.1. The van der Waals surface area contributed by atoms with Crippen LogP contribution in [0.3, 0.4) is 0 Å². The van der Waals surface area contributed by atoms with Crippen LogP contribution in [0.25, 0.3) is 0 Å². The molecule has 1 aromatic rings. The van der Waals surface area contributed by atoms with Crippen LogP contribution in [-0.2, 0) is 4.79 Å². The Morgan fingerprint density at radius 1 is 1.27 bits per heavy atom. The Hall–Kier alpha value is -1.51. The highest BCUT2D eigenvalue weighted by Crippen LogP contribution is 2.23. The minimum atomic E-state index is -0.827. The minimum absolute atomic E-state index is 0.318. The van der Waals surface area contributed by atoms with Crippen LogP contribution in [0, 0.1) is 5.41 Å². The van der Waals surface area contributed by atoms with Gasteiger partial charge in [0, 0.05) is 5.69 Å². The van der Waals surface area contributed by atoms with Gasteiger partial charge < -0.3 is 10.4 Å². The molecule has 0 bridgehead atoms. The van der Waals surface area contributed by atoms with Gasteiger partial charge in [0.25, 0.3) is 0 Å². The predicted octanol–water partition coefficient (Wildman–Crippen LogP) is 2.60. The van der Waals surface area contributed by atoms with Crippen LogP contribution < -0.4 is 5.32 Å². The van der Waals surface area contributed by atoms with Gasteiger partial charge in [-0.3, -0.25) is 0 Å². The first kappa shape index (κ1) is 11.6. The fraction of sp³-hybridized carbons (Fsp3) is 0.417. The third-order valence-electron chi connectivity index (χ3n) is 2.20. The average molecular weight is 207 g/mol. The Balaban J connectivity index is 2.82. The topological polar surface area (TPSA) is 49.3 Å². The number of hydrogen-bond acceptors (Lipinski definition) is 2. The maximum Gasteiger partial charge on any atom is 0.326 e. The summed E-state index contributed by atoms with van der Waals surface area (Å²) in [6.45, 7) is 5.71. The fourth-order valence-corrected chi connectivity index (χ4v) is 1.35. The number of carboxylic acid groups (broad SMARTS) is 1. The van der Waals surface area contributed by atoms with Crippen LogP contribution >= 0.6 is 0 Å². The Labute approximate surface area is 90.1 Å². The van der Waals surface area contributed by atoms with Gasteiger partial charge in [0.05, 0.1) is 0 Å². The molecular weight excluding hydrogens is 190 g/mol. The lowest BCUT2D eigenvalue weighted by Gasteiger charge is -2.28. The molecule has 0 aliphatic heterocycles. The number of nitrogens with one attached hydrogen (secondary N) is 1. The van der Waals surface area contributed by atoms with E-state index in [0.717, 1.165) is 5.69 Å². The van der Waals surface area contributed by atoms with E-state index in [0.29, 0.717) is 0 Å². The van der Waals surface area contributed by atoms with E-state index in [9.17, 15) is 4.79 Å². The minimum Gasteiger partial charge on any atom is -0.480 e. The third kappa shape index (κ3) is 3.27. The molecule has 1 aromatic carbocycles. The van der Waals surface area contributed by atoms with E-state index in [1.807, 2.05) is 51.1 Å². The molecule has 0 aromatic heterocycles. The number of carbonyl (C=O) groups is 1. The highest BCUT2D eigenvalue weighted by molar-refractivity contribution is 5.78.